The number of ether oxygens (including phenoxy) is 1. The Morgan fingerprint density at radius 3 is 2.60 bits per heavy atom. The number of esters is 1. The third-order valence-electron chi connectivity index (χ3n) is 4.41. The van der Waals surface area contributed by atoms with Crippen molar-refractivity contribution in [2.45, 2.75) is 12.8 Å². The Morgan fingerprint density at radius 2 is 1.87 bits per heavy atom. The van der Waals surface area contributed by atoms with E-state index in [0.29, 0.717) is 22.9 Å². The lowest BCUT2D eigenvalue weighted by molar-refractivity contribution is -0.135. The molecule has 0 spiro atoms. The Kier molecular flexibility index (Phi) is 7.41. The van der Waals surface area contributed by atoms with E-state index in [0.717, 1.165) is 25.9 Å². The van der Waals surface area contributed by atoms with Crippen LogP contribution in [-0.4, -0.2) is 55.0 Å². The van der Waals surface area contributed by atoms with Gasteiger partial charge in [-0.3, -0.25) is 14.5 Å². The van der Waals surface area contributed by atoms with Crippen molar-refractivity contribution in [2.75, 3.05) is 44.3 Å². The Labute approximate surface area is 174 Å². The molecule has 30 heavy (non-hydrogen) atoms. The predicted molar refractivity (Wildman–Crippen MR) is 113 cm³/mol. The number of para-hydroxylation sites is 1. The Hall–Kier alpha value is -3.37. The van der Waals surface area contributed by atoms with Gasteiger partial charge in [-0.25, -0.2) is 4.98 Å². The molecule has 0 unspecified atom stereocenters. The number of likely N-dealkylation sites (tertiary alicyclic amines) is 1. The van der Waals surface area contributed by atoms with E-state index in [1.165, 1.54) is 0 Å². The van der Waals surface area contributed by atoms with Crippen molar-refractivity contribution < 1.29 is 14.3 Å². The second kappa shape index (κ2) is 10.4. The van der Waals surface area contributed by atoms with Crippen LogP contribution in [0, 0.1) is 0 Å². The third-order valence-corrected chi connectivity index (χ3v) is 4.41. The lowest BCUT2D eigenvalue weighted by Crippen LogP contribution is -2.29. The van der Waals surface area contributed by atoms with Gasteiger partial charge in [0.25, 0.3) is 0 Å². The van der Waals surface area contributed by atoms with Crippen LogP contribution < -0.4 is 21.1 Å². The molecule has 0 radical (unpaired) electrons. The van der Waals surface area contributed by atoms with Crippen molar-refractivity contribution in [3.05, 3.63) is 36.4 Å². The number of benzene rings is 1. The van der Waals surface area contributed by atoms with Gasteiger partial charge in [0.05, 0.1) is 13.1 Å². The van der Waals surface area contributed by atoms with E-state index in [2.05, 4.69) is 30.7 Å². The van der Waals surface area contributed by atoms with Crippen LogP contribution in [-0.2, 0) is 9.59 Å². The lowest BCUT2D eigenvalue weighted by Gasteiger charge is -2.13. The summed E-state index contributed by atoms with van der Waals surface area (Å²) in [4.78, 5) is 30.0. The normalized spacial score (nSPS) is 14.2. The molecule has 10 nitrogen and oxygen atoms in total. The van der Waals surface area contributed by atoms with Crippen molar-refractivity contribution in [1.82, 2.24) is 15.2 Å². The summed E-state index contributed by atoms with van der Waals surface area (Å²) in [7, 11) is 1.67. The van der Waals surface area contributed by atoms with E-state index >= 15 is 0 Å². The highest BCUT2D eigenvalue weighted by Gasteiger charge is 2.17. The third kappa shape index (κ3) is 6.06. The minimum atomic E-state index is -0.331. The van der Waals surface area contributed by atoms with Crippen molar-refractivity contribution in [3.8, 4) is 5.75 Å². The second-order valence-electron chi connectivity index (χ2n) is 6.80. The summed E-state index contributed by atoms with van der Waals surface area (Å²) in [5.74, 6) is 0.200. The van der Waals surface area contributed by atoms with E-state index in [9.17, 15) is 9.59 Å². The number of azo groups is 1. The van der Waals surface area contributed by atoms with Gasteiger partial charge in [-0.05, 0) is 57.2 Å². The van der Waals surface area contributed by atoms with Crippen LogP contribution in [0.15, 0.2) is 46.6 Å². The summed E-state index contributed by atoms with van der Waals surface area (Å²) >= 11 is 0. The zero-order valence-corrected chi connectivity index (χ0v) is 16.8. The molecule has 3 rings (SSSR count). The van der Waals surface area contributed by atoms with E-state index in [-0.39, 0.29) is 30.8 Å². The number of nitrogens with two attached hydrogens (primary N) is 1. The molecule has 2 heterocycles. The van der Waals surface area contributed by atoms with Gasteiger partial charge >= 0.3 is 5.97 Å². The number of pyridine rings is 1. The number of nitrogen functional groups attached to an aromatic ring is 1. The minimum Gasteiger partial charge on any atom is -0.423 e. The largest absolute Gasteiger partial charge is 0.423 e. The summed E-state index contributed by atoms with van der Waals surface area (Å²) in [6.07, 6.45) is 2.21. The Bertz CT molecular complexity index is 926. The average molecular weight is 411 g/mol. The smallest absolute Gasteiger partial charge is 0.325 e. The van der Waals surface area contributed by atoms with Gasteiger partial charge in [-0.1, -0.05) is 12.1 Å². The van der Waals surface area contributed by atoms with Crippen molar-refractivity contribution >= 4 is 34.9 Å². The Balaban J connectivity index is 1.67. The van der Waals surface area contributed by atoms with Crippen LogP contribution in [0.1, 0.15) is 12.8 Å². The van der Waals surface area contributed by atoms with Gasteiger partial charge in [0.1, 0.15) is 17.2 Å². The number of hydrogen-bond donors (Lipinski definition) is 3. The molecule has 1 aliphatic rings. The molecular formula is C20H25N7O3. The summed E-state index contributed by atoms with van der Waals surface area (Å²) in [6, 6.07) is 10.1. The van der Waals surface area contributed by atoms with Crippen molar-refractivity contribution in [2.24, 2.45) is 10.2 Å². The molecule has 4 N–H and O–H groups in total. The van der Waals surface area contributed by atoms with Crippen LogP contribution >= 0.6 is 0 Å². The number of carbonyl (C=O) groups is 2. The molecule has 0 saturated carbocycles. The van der Waals surface area contributed by atoms with E-state index in [4.69, 9.17) is 10.5 Å². The molecule has 1 aromatic heterocycles. The first-order valence-electron chi connectivity index (χ1n) is 9.70. The van der Waals surface area contributed by atoms with Crippen LogP contribution in [0.2, 0.25) is 0 Å². The molecule has 2 aromatic rings. The molecule has 0 bridgehead atoms. The van der Waals surface area contributed by atoms with E-state index in [1.807, 2.05) is 0 Å². The van der Waals surface area contributed by atoms with E-state index < -0.39 is 0 Å². The zero-order chi connectivity index (χ0) is 21.3. The average Bonchev–Trinajstić information content (AvgIpc) is 3.21. The SMILES string of the molecule is CNCC(=O)Nc1ccc(/N=N/c2ccccc2OC(=O)CN2CCCC2)c(N)n1. The Morgan fingerprint density at radius 1 is 1.13 bits per heavy atom. The number of nitrogens with zero attached hydrogens (tertiary/aromatic N) is 4. The number of amides is 1. The van der Waals surface area contributed by atoms with Gasteiger partial charge in [0, 0.05) is 0 Å². The minimum absolute atomic E-state index is 0.115. The molecule has 1 aromatic carbocycles. The maximum absolute atomic E-state index is 12.2. The van der Waals surface area contributed by atoms with Crippen molar-refractivity contribution in [3.63, 3.8) is 0 Å². The van der Waals surface area contributed by atoms with Crippen LogP contribution in [0.25, 0.3) is 0 Å². The quantitative estimate of drug-likeness (QED) is 0.344. The van der Waals surface area contributed by atoms with Gasteiger partial charge in [-0.15, -0.1) is 10.2 Å². The lowest BCUT2D eigenvalue weighted by atomic mass is 10.3. The monoisotopic (exact) mass is 411 g/mol. The number of hydrogen-bond acceptors (Lipinski definition) is 9. The molecule has 0 atom stereocenters. The summed E-state index contributed by atoms with van der Waals surface area (Å²) in [5, 5.41) is 13.6. The van der Waals surface area contributed by atoms with Crippen LogP contribution in [0.3, 0.4) is 0 Å². The van der Waals surface area contributed by atoms with Gasteiger partial charge in [-0.2, -0.15) is 0 Å². The zero-order valence-electron chi connectivity index (χ0n) is 16.8. The van der Waals surface area contributed by atoms with Gasteiger partial charge in [0.15, 0.2) is 11.6 Å². The standard InChI is InChI=1S/C20H25N7O3/c1-22-12-18(28)23-17-9-8-15(20(21)24-17)26-25-14-6-2-3-7-16(14)30-19(29)13-27-10-4-5-11-27/h2-3,6-9,22H,4-5,10-13H2,1H3,(H3,21,23,24,28)/b26-25+. The molecule has 1 fully saturated rings. The number of nitrogens with one attached hydrogen (secondary N) is 2. The first kappa shape index (κ1) is 21.3. The number of rotatable bonds is 8. The summed E-state index contributed by atoms with van der Waals surface area (Å²) in [5.41, 5.74) is 6.66. The van der Waals surface area contributed by atoms with Crippen LogP contribution in [0.4, 0.5) is 23.0 Å². The molecule has 158 valence electrons. The maximum Gasteiger partial charge on any atom is 0.325 e. The first-order chi connectivity index (χ1) is 14.5. The predicted octanol–water partition coefficient (Wildman–Crippen LogP) is 2.24. The highest BCUT2D eigenvalue weighted by molar-refractivity contribution is 5.91. The molecular weight excluding hydrogens is 386 g/mol. The van der Waals surface area contributed by atoms with Crippen molar-refractivity contribution in [1.29, 1.82) is 0 Å². The number of carbonyl (C=O) groups excluding carboxylic acids is 2. The maximum atomic E-state index is 12.2. The van der Waals surface area contributed by atoms with Crippen LogP contribution in [0.5, 0.6) is 5.75 Å². The summed E-state index contributed by atoms with van der Waals surface area (Å²) < 4.78 is 5.48. The number of anilines is 2. The fraction of sp³-hybridized carbons (Fsp3) is 0.350. The second-order valence-corrected chi connectivity index (χ2v) is 6.80. The highest BCUT2D eigenvalue weighted by Crippen LogP contribution is 2.30. The fourth-order valence-electron chi connectivity index (χ4n) is 2.98. The molecule has 1 aliphatic heterocycles. The number of likely N-dealkylation sites (N-methyl/N-ethyl adjacent to an activating group) is 1. The molecule has 0 aliphatic carbocycles. The first-order valence-corrected chi connectivity index (χ1v) is 9.70. The van der Waals surface area contributed by atoms with Gasteiger partial charge < -0.3 is 21.1 Å². The molecule has 1 saturated heterocycles. The molecule has 1 amide bonds. The topological polar surface area (TPSA) is 134 Å². The fourth-order valence-corrected chi connectivity index (χ4v) is 2.98. The van der Waals surface area contributed by atoms with Gasteiger partial charge in [0.2, 0.25) is 5.91 Å². The summed E-state index contributed by atoms with van der Waals surface area (Å²) in [6.45, 7) is 2.24. The number of aromatic nitrogens is 1. The highest BCUT2D eigenvalue weighted by atomic mass is 16.5. The molecule has 10 heteroatoms. The van der Waals surface area contributed by atoms with E-state index in [1.54, 1.807) is 43.4 Å².